The van der Waals surface area contributed by atoms with Crippen LogP contribution in [0.25, 0.3) is 0 Å². The molecule has 0 unspecified atom stereocenters. The lowest BCUT2D eigenvalue weighted by atomic mass is 9.85. The molecule has 2 aromatic carbocycles. The molecule has 1 saturated carbocycles. The SMILES string of the molecule is C[C@H]1CN(C2(C)CCN(C(=O)C3(c4ccccc4)CC3)CC2)CCN1[C@@H](C)c1ccc(C(F)(F)F)cc1. The summed E-state index contributed by atoms with van der Waals surface area (Å²) in [6, 6.07) is 16.2. The highest BCUT2D eigenvalue weighted by Gasteiger charge is 2.54. The van der Waals surface area contributed by atoms with E-state index in [-0.39, 0.29) is 23.0 Å². The first-order valence-electron chi connectivity index (χ1n) is 13.6. The van der Waals surface area contributed by atoms with Crippen molar-refractivity contribution < 1.29 is 18.0 Å². The van der Waals surface area contributed by atoms with Crippen LogP contribution in [0, 0.1) is 0 Å². The van der Waals surface area contributed by atoms with Crippen LogP contribution in [0.1, 0.15) is 69.2 Å². The molecule has 2 saturated heterocycles. The number of halogens is 3. The number of piperidine rings is 1. The summed E-state index contributed by atoms with van der Waals surface area (Å²) in [5, 5.41) is 0. The maximum Gasteiger partial charge on any atom is 0.416 e. The molecule has 0 bridgehead atoms. The van der Waals surface area contributed by atoms with Crippen LogP contribution < -0.4 is 0 Å². The molecule has 2 heterocycles. The topological polar surface area (TPSA) is 26.8 Å². The van der Waals surface area contributed by atoms with Crippen molar-refractivity contribution in [1.29, 1.82) is 0 Å². The van der Waals surface area contributed by atoms with Crippen molar-refractivity contribution in [3.8, 4) is 0 Å². The molecule has 2 atom stereocenters. The molecule has 5 rings (SSSR count). The zero-order valence-corrected chi connectivity index (χ0v) is 22.1. The Hall–Kier alpha value is -2.38. The summed E-state index contributed by atoms with van der Waals surface area (Å²) in [6.07, 6.45) is -0.493. The normalized spacial score (nSPS) is 25.0. The fourth-order valence-corrected chi connectivity index (χ4v) is 6.50. The third kappa shape index (κ3) is 5.05. The van der Waals surface area contributed by atoms with Crippen LogP contribution in [0.15, 0.2) is 54.6 Å². The maximum absolute atomic E-state index is 13.5. The number of benzene rings is 2. The molecule has 3 fully saturated rings. The van der Waals surface area contributed by atoms with Crippen molar-refractivity contribution in [1.82, 2.24) is 14.7 Å². The van der Waals surface area contributed by atoms with Crippen molar-refractivity contribution in [2.45, 2.75) is 75.7 Å². The lowest BCUT2D eigenvalue weighted by molar-refractivity contribution is -0.138. The first kappa shape index (κ1) is 26.2. The summed E-state index contributed by atoms with van der Waals surface area (Å²) in [5.41, 5.74) is 1.22. The molecule has 0 spiro atoms. The maximum atomic E-state index is 13.5. The van der Waals surface area contributed by atoms with Crippen LogP contribution in [0.2, 0.25) is 0 Å². The van der Waals surface area contributed by atoms with Crippen LogP contribution in [0.5, 0.6) is 0 Å². The van der Waals surface area contributed by atoms with Crippen molar-refractivity contribution >= 4 is 5.91 Å². The lowest BCUT2D eigenvalue weighted by Crippen LogP contribution is -2.62. The van der Waals surface area contributed by atoms with Gasteiger partial charge in [-0.05, 0) is 69.7 Å². The van der Waals surface area contributed by atoms with E-state index >= 15 is 0 Å². The summed E-state index contributed by atoms with van der Waals surface area (Å²) in [4.78, 5) is 20.6. The number of nitrogens with zero attached hydrogens (tertiary/aromatic N) is 3. The van der Waals surface area contributed by atoms with E-state index in [2.05, 4.69) is 47.6 Å². The average Bonchev–Trinajstić information content (AvgIpc) is 3.71. The first-order chi connectivity index (χ1) is 17.5. The Kier molecular flexibility index (Phi) is 6.90. The van der Waals surface area contributed by atoms with Gasteiger partial charge in [0.1, 0.15) is 0 Å². The van der Waals surface area contributed by atoms with E-state index in [1.165, 1.54) is 12.1 Å². The highest BCUT2D eigenvalue weighted by atomic mass is 19.4. The quantitative estimate of drug-likeness (QED) is 0.499. The minimum Gasteiger partial charge on any atom is -0.342 e. The summed E-state index contributed by atoms with van der Waals surface area (Å²) in [7, 11) is 0. The number of carbonyl (C=O) groups is 1. The lowest BCUT2D eigenvalue weighted by Gasteiger charge is -2.52. The summed E-state index contributed by atoms with van der Waals surface area (Å²) < 4.78 is 38.9. The second kappa shape index (κ2) is 9.73. The standard InChI is InChI=1S/C30H38F3N3O/c1-22-21-35(19-20-36(22)23(2)24-9-11-26(12-10-24)30(31,32)33)28(3)15-17-34(18-16-28)27(37)29(13-14-29)25-7-5-4-6-8-25/h4-12,22-23H,13-21H2,1-3H3/t22-,23-/m0/s1. The average molecular weight is 514 g/mol. The first-order valence-corrected chi connectivity index (χ1v) is 13.6. The molecule has 200 valence electrons. The van der Waals surface area contributed by atoms with E-state index < -0.39 is 11.7 Å². The number of hydrogen-bond donors (Lipinski definition) is 0. The molecule has 37 heavy (non-hydrogen) atoms. The molecule has 0 N–H and O–H groups in total. The van der Waals surface area contributed by atoms with Crippen LogP contribution in [0.4, 0.5) is 13.2 Å². The van der Waals surface area contributed by atoms with Crippen molar-refractivity contribution in [3.63, 3.8) is 0 Å². The van der Waals surface area contributed by atoms with Crippen molar-refractivity contribution in [2.75, 3.05) is 32.7 Å². The number of carbonyl (C=O) groups excluding carboxylic acids is 1. The largest absolute Gasteiger partial charge is 0.416 e. The Balaban J connectivity index is 1.18. The molecular formula is C30H38F3N3O. The van der Waals surface area contributed by atoms with E-state index in [0.717, 1.165) is 69.5 Å². The minimum absolute atomic E-state index is 0.0538. The Morgan fingerprint density at radius 3 is 2.08 bits per heavy atom. The van der Waals surface area contributed by atoms with Gasteiger partial charge in [-0.25, -0.2) is 0 Å². The molecule has 2 aliphatic heterocycles. The number of piperazine rings is 1. The van der Waals surface area contributed by atoms with E-state index in [9.17, 15) is 18.0 Å². The predicted molar refractivity (Wildman–Crippen MR) is 139 cm³/mol. The molecule has 7 heteroatoms. The Bertz CT molecular complexity index is 1090. The van der Waals surface area contributed by atoms with Gasteiger partial charge in [-0.15, -0.1) is 0 Å². The number of alkyl halides is 3. The van der Waals surface area contributed by atoms with Gasteiger partial charge in [-0.3, -0.25) is 14.6 Å². The van der Waals surface area contributed by atoms with Crippen LogP contribution >= 0.6 is 0 Å². The molecular weight excluding hydrogens is 475 g/mol. The summed E-state index contributed by atoms with van der Waals surface area (Å²) in [6.45, 7) is 10.9. The highest BCUT2D eigenvalue weighted by molar-refractivity contribution is 5.91. The molecule has 3 aliphatic rings. The minimum atomic E-state index is -4.31. The van der Waals surface area contributed by atoms with Crippen molar-refractivity contribution in [3.05, 3.63) is 71.3 Å². The van der Waals surface area contributed by atoms with Crippen molar-refractivity contribution in [2.24, 2.45) is 0 Å². The zero-order valence-electron chi connectivity index (χ0n) is 22.1. The Morgan fingerprint density at radius 2 is 1.54 bits per heavy atom. The van der Waals surface area contributed by atoms with E-state index in [1.54, 1.807) is 12.1 Å². The van der Waals surface area contributed by atoms with Gasteiger partial charge in [0.25, 0.3) is 0 Å². The highest BCUT2D eigenvalue weighted by Crippen LogP contribution is 2.50. The van der Waals surface area contributed by atoms with Gasteiger partial charge < -0.3 is 4.90 Å². The smallest absolute Gasteiger partial charge is 0.342 e. The third-order valence-electron chi connectivity index (χ3n) is 9.27. The van der Waals surface area contributed by atoms with Gasteiger partial charge in [-0.2, -0.15) is 13.2 Å². The van der Waals surface area contributed by atoms with Gasteiger partial charge >= 0.3 is 6.18 Å². The molecule has 1 amide bonds. The van der Waals surface area contributed by atoms with Crippen LogP contribution in [-0.4, -0.2) is 64.9 Å². The number of hydrogen-bond acceptors (Lipinski definition) is 3. The van der Waals surface area contributed by atoms with Gasteiger partial charge in [-0.1, -0.05) is 42.5 Å². The van der Waals surface area contributed by atoms with Gasteiger partial charge in [0.05, 0.1) is 11.0 Å². The molecule has 4 nitrogen and oxygen atoms in total. The zero-order chi connectivity index (χ0) is 26.4. The molecule has 2 aromatic rings. The summed E-state index contributed by atoms with van der Waals surface area (Å²) in [5.74, 6) is 0.296. The third-order valence-corrected chi connectivity index (χ3v) is 9.27. The number of likely N-dealkylation sites (tertiary alicyclic amines) is 1. The van der Waals surface area contributed by atoms with Crippen LogP contribution in [-0.2, 0) is 16.4 Å². The monoisotopic (exact) mass is 513 g/mol. The molecule has 0 aromatic heterocycles. The van der Waals surface area contributed by atoms with E-state index in [0.29, 0.717) is 5.91 Å². The number of rotatable bonds is 5. The molecule has 1 aliphatic carbocycles. The Labute approximate surface area is 218 Å². The molecule has 0 radical (unpaired) electrons. The number of amides is 1. The second-order valence-corrected chi connectivity index (χ2v) is 11.6. The second-order valence-electron chi connectivity index (χ2n) is 11.6. The van der Waals surface area contributed by atoms with Crippen LogP contribution in [0.3, 0.4) is 0 Å². The van der Waals surface area contributed by atoms with E-state index in [1.807, 2.05) is 18.2 Å². The van der Waals surface area contributed by atoms with Gasteiger partial charge in [0.2, 0.25) is 5.91 Å². The predicted octanol–water partition coefficient (Wildman–Crippen LogP) is 5.89. The Morgan fingerprint density at radius 1 is 0.919 bits per heavy atom. The van der Waals surface area contributed by atoms with Gasteiger partial charge in [0, 0.05) is 50.3 Å². The summed E-state index contributed by atoms with van der Waals surface area (Å²) >= 11 is 0. The van der Waals surface area contributed by atoms with E-state index in [4.69, 9.17) is 0 Å². The fraction of sp³-hybridized carbons (Fsp3) is 0.567. The fourth-order valence-electron chi connectivity index (χ4n) is 6.50. The van der Waals surface area contributed by atoms with Gasteiger partial charge in [0.15, 0.2) is 0 Å².